The average molecular weight is 708 g/mol. The molecule has 0 bridgehead atoms. The van der Waals surface area contributed by atoms with Crippen LogP contribution in [0.15, 0.2) is 42.5 Å². The minimum Gasteiger partial charge on any atom is -0.493 e. The number of rotatable bonds is 16. The molecule has 0 aliphatic carbocycles. The number of ether oxygens (including phenoxy) is 3. The van der Waals surface area contributed by atoms with Crippen molar-refractivity contribution in [3.8, 4) is 16.9 Å². The smallest absolute Gasteiger partial charge is 0.490 e. The van der Waals surface area contributed by atoms with E-state index < -0.39 is 12.1 Å². The summed E-state index contributed by atoms with van der Waals surface area (Å²) in [5.41, 5.74) is 4.50. The first kappa shape index (κ1) is 40.7. The van der Waals surface area contributed by atoms with Gasteiger partial charge in [0.15, 0.2) is 5.96 Å². The number of carboxylic acids is 1. The molecule has 1 unspecified atom stereocenters. The first-order chi connectivity index (χ1) is 24.0. The maximum atomic E-state index is 12.4. The number of alkyl halides is 3. The molecular weight excluding hydrogens is 655 g/mol. The molecule has 2 aliphatic heterocycles. The van der Waals surface area contributed by atoms with Gasteiger partial charge >= 0.3 is 12.1 Å². The number of piperazine rings is 1. The monoisotopic (exact) mass is 707 g/mol. The highest BCUT2D eigenvalue weighted by atomic mass is 19.4. The number of hydrogen-bond donors (Lipinski definition) is 4. The Kier molecular flexibility index (Phi) is 17.5. The van der Waals surface area contributed by atoms with Gasteiger partial charge in [0.1, 0.15) is 5.75 Å². The van der Waals surface area contributed by atoms with Crippen LogP contribution < -0.4 is 15.4 Å². The van der Waals surface area contributed by atoms with Crippen molar-refractivity contribution in [1.29, 1.82) is 5.41 Å². The molecule has 0 radical (unpaired) electrons. The summed E-state index contributed by atoms with van der Waals surface area (Å²) in [5.74, 6) is -2.04. The van der Waals surface area contributed by atoms with Gasteiger partial charge in [-0.2, -0.15) is 13.2 Å². The quantitative estimate of drug-likeness (QED) is 0.107. The van der Waals surface area contributed by atoms with E-state index in [0.29, 0.717) is 38.7 Å². The highest BCUT2D eigenvalue weighted by Crippen LogP contribution is 2.32. The van der Waals surface area contributed by atoms with Crippen LogP contribution in [-0.4, -0.2) is 111 Å². The lowest BCUT2D eigenvalue weighted by Gasteiger charge is -2.35. The molecule has 2 heterocycles. The average Bonchev–Trinajstić information content (AvgIpc) is 3.60. The normalized spacial score (nSPS) is 16.7. The topological polar surface area (TPSA) is 136 Å². The maximum absolute atomic E-state index is 12.4. The van der Waals surface area contributed by atoms with Gasteiger partial charge in [-0.05, 0) is 48.4 Å². The predicted molar refractivity (Wildman–Crippen MR) is 185 cm³/mol. The summed E-state index contributed by atoms with van der Waals surface area (Å²) in [6.45, 7) is 11.3. The van der Waals surface area contributed by atoms with Crippen molar-refractivity contribution in [1.82, 2.24) is 20.4 Å². The van der Waals surface area contributed by atoms with Crippen LogP contribution in [0.2, 0.25) is 0 Å². The standard InChI is InChI=1S/C34H51N5O4.C2HF3O2/c1-3-4-16-36-34(35)37-33(40)15-11-27-10-14-31(32(24-27)43-23-6-21-41-2)29-12-8-28(9-13-29)25-38-17-19-39(20-18-38)26-30-7-5-22-42-30;3-2(4,5)1(6)7/h8-10,12-14,24,30H,3-7,11,15-23,25-26H2,1-2H3,(H3,35,36,37,40);(H,6,7). The largest absolute Gasteiger partial charge is 0.493 e. The zero-order valence-electron chi connectivity index (χ0n) is 29.2. The molecule has 2 aromatic rings. The van der Waals surface area contributed by atoms with E-state index >= 15 is 0 Å². The Morgan fingerprint density at radius 1 is 1.02 bits per heavy atom. The molecule has 1 amide bonds. The van der Waals surface area contributed by atoms with E-state index in [1.54, 1.807) is 7.11 Å². The lowest BCUT2D eigenvalue weighted by atomic mass is 9.99. The Bertz CT molecular complexity index is 1330. The van der Waals surface area contributed by atoms with Crippen LogP contribution >= 0.6 is 0 Å². The van der Waals surface area contributed by atoms with Crippen molar-refractivity contribution in [2.75, 3.05) is 66.2 Å². The van der Waals surface area contributed by atoms with Gasteiger partial charge in [-0.15, -0.1) is 0 Å². The number of nitrogens with zero attached hydrogens (tertiary/aromatic N) is 2. The number of methoxy groups -OCH3 is 1. The van der Waals surface area contributed by atoms with E-state index in [1.807, 2.05) is 6.07 Å². The highest BCUT2D eigenvalue weighted by molar-refractivity contribution is 5.95. The Labute approximate surface area is 293 Å². The fourth-order valence-corrected chi connectivity index (χ4v) is 5.61. The van der Waals surface area contributed by atoms with Gasteiger partial charge in [0.25, 0.3) is 0 Å². The van der Waals surface area contributed by atoms with E-state index in [9.17, 15) is 18.0 Å². The third-order valence-electron chi connectivity index (χ3n) is 8.40. The number of unbranched alkanes of at least 4 members (excludes halogenated alkanes) is 1. The van der Waals surface area contributed by atoms with E-state index in [2.05, 4.69) is 63.8 Å². The Morgan fingerprint density at radius 2 is 1.70 bits per heavy atom. The maximum Gasteiger partial charge on any atom is 0.490 e. The molecule has 0 spiro atoms. The zero-order valence-corrected chi connectivity index (χ0v) is 29.2. The second kappa shape index (κ2) is 21.5. The summed E-state index contributed by atoms with van der Waals surface area (Å²) in [6.07, 6.45) is 1.44. The molecule has 0 saturated carbocycles. The third-order valence-corrected chi connectivity index (χ3v) is 8.40. The molecule has 2 fully saturated rings. The van der Waals surface area contributed by atoms with Crippen LogP contribution in [0.3, 0.4) is 0 Å². The number of amides is 1. The number of hydrogen-bond acceptors (Lipinski definition) is 8. The first-order valence-electron chi connectivity index (χ1n) is 17.3. The highest BCUT2D eigenvalue weighted by Gasteiger charge is 2.38. The van der Waals surface area contributed by atoms with Gasteiger partial charge < -0.3 is 24.6 Å². The number of aryl methyl sites for hydroxylation is 1. The van der Waals surface area contributed by atoms with Gasteiger partial charge in [-0.25, -0.2) is 4.79 Å². The van der Waals surface area contributed by atoms with Crippen LogP contribution in [0.1, 0.15) is 56.6 Å². The van der Waals surface area contributed by atoms with Crippen LogP contribution in [0.5, 0.6) is 5.75 Å². The molecular formula is C36H52F3N5O6. The van der Waals surface area contributed by atoms with Crippen molar-refractivity contribution in [3.05, 3.63) is 53.6 Å². The summed E-state index contributed by atoms with van der Waals surface area (Å²) in [4.78, 5) is 26.4. The van der Waals surface area contributed by atoms with E-state index in [-0.39, 0.29) is 11.9 Å². The predicted octanol–water partition coefficient (Wildman–Crippen LogP) is 5.07. The Balaban J connectivity index is 0.000000872. The molecule has 2 saturated heterocycles. The number of carbonyl (C=O) groups is 2. The second-order valence-electron chi connectivity index (χ2n) is 12.4. The van der Waals surface area contributed by atoms with Crippen LogP contribution in [0.4, 0.5) is 13.2 Å². The molecule has 0 aromatic heterocycles. The molecule has 1 atom stereocenters. The molecule has 14 heteroatoms. The lowest BCUT2D eigenvalue weighted by Crippen LogP contribution is -2.48. The van der Waals surface area contributed by atoms with E-state index in [0.717, 1.165) is 87.6 Å². The Morgan fingerprint density at radius 3 is 2.32 bits per heavy atom. The number of benzene rings is 2. The van der Waals surface area contributed by atoms with Gasteiger partial charge in [-0.3, -0.25) is 25.3 Å². The summed E-state index contributed by atoms with van der Waals surface area (Å²) >= 11 is 0. The summed E-state index contributed by atoms with van der Waals surface area (Å²) in [6, 6.07) is 15.0. The van der Waals surface area contributed by atoms with Crippen molar-refractivity contribution >= 4 is 17.8 Å². The number of carboxylic acid groups (broad SMARTS) is 1. The number of aliphatic carboxylic acids is 1. The minimum absolute atomic E-state index is 0.0658. The van der Waals surface area contributed by atoms with Crippen molar-refractivity contribution in [2.24, 2.45) is 0 Å². The summed E-state index contributed by atoms with van der Waals surface area (Å²) < 4.78 is 49.0. The third kappa shape index (κ3) is 15.0. The van der Waals surface area contributed by atoms with E-state index in [1.165, 1.54) is 18.4 Å². The molecule has 4 N–H and O–H groups in total. The molecule has 11 nitrogen and oxygen atoms in total. The number of nitrogens with one attached hydrogen (secondary N) is 3. The molecule has 2 aromatic carbocycles. The van der Waals surface area contributed by atoms with Gasteiger partial charge in [-0.1, -0.05) is 49.7 Å². The minimum atomic E-state index is -5.08. The number of guanidine groups is 1. The number of carbonyl (C=O) groups excluding carboxylic acids is 1. The van der Waals surface area contributed by atoms with Crippen LogP contribution in [-0.2, 0) is 32.0 Å². The van der Waals surface area contributed by atoms with Crippen molar-refractivity contribution < 1.29 is 42.1 Å². The number of halogens is 3. The fraction of sp³-hybridized carbons (Fsp3) is 0.583. The fourth-order valence-electron chi connectivity index (χ4n) is 5.61. The van der Waals surface area contributed by atoms with Gasteiger partial charge in [0.2, 0.25) is 5.91 Å². The molecule has 278 valence electrons. The second-order valence-corrected chi connectivity index (χ2v) is 12.4. The molecule has 4 rings (SSSR count). The SMILES string of the molecule is CCCCNC(=N)NC(=O)CCc1ccc(-c2ccc(CN3CCN(CC4CCCO4)CC3)cc2)c(OCCCOC)c1.O=C(O)C(F)(F)F. The molecule has 50 heavy (non-hydrogen) atoms. The van der Waals surface area contributed by atoms with E-state index in [4.69, 9.17) is 29.5 Å². The summed E-state index contributed by atoms with van der Waals surface area (Å²) in [7, 11) is 1.70. The van der Waals surface area contributed by atoms with Crippen LogP contribution in [0, 0.1) is 5.41 Å². The van der Waals surface area contributed by atoms with Gasteiger partial charge in [0.05, 0.1) is 12.7 Å². The first-order valence-corrected chi connectivity index (χ1v) is 17.3. The van der Waals surface area contributed by atoms with Gasteiger partial charge in [0, 0.05) is 84.5 Å². The zero-order chi connectivity index (χ0) is 36.4. The van der Waals surface area contributed by atoms with Crippen molar-refractivity contribution in [3.63, 3.8) is 0 Å². The van der Waals surface area contributed by atoms with Crippen LogP contribution in [0.25, 0.3) is 11.1 Å². The Hall–Kier alpha value is -3.72. The van der Waals surface area contributed by atoms with Crippen molar-refractivity contribution in [2.45, 2.75) is 70.7 Å². The summed E-state index contributed by atoms with van der Waals surface area (Å²) in [5, 5.41) is 20.6. The molecule has 2 aliphatic rings. The lowest BCUT2D eigenvalue weighted by molar-refractivity contribution is -0.192.